The molecule has 1 aromatic rings. The van der Waals surface area contributed by atoms with Gasteiger partial charge in [0.15, 0.2) is 0 Å². The van der Waals surface area contributed by atoms with Gasteiger partial charge in [-0.05, 0) is 43.5 Å². The molecule has 0 amide bonds. The van der Waals surface area contributed by atoms with Crippen LogP contribution in [0.2, 0.25) is 0 Å². The Morgan fingerprint density at radius 3 is 2.56 bits per heavy atom. The van der Waals surface area contributed by atoms with E-state index in [0.29, 0.717) is 11.1 Å². The Morgan fingerprint density at radius 1 is 1.28 bits per heavy atom. The van der Waals surface area contributed by atoms with E-state index in [0.717, 1.165) is 19.3 Å². The summed E-state index contributed by atoms with van der Waals surface area (Å²) in [5, 5.41) is 8.69. The van der Waals surface area contributed by atoms with Crippen molar-refractivity contribution in [1.29, 1.82) is 5.26 Å². The minimum absolute atomic E-state index is 0.0399. The highest BCUT2D eigenvalue weighted by Gasteiger charge is 2.26. The molecule has 1 fully saturated rings. The zero-order valence-corrected chi connectivity index (χ0v) is 11.5. The fourth-order valence-corrected chi connectivity index (χ4v) is 2.77. The van der Waals surface area contributed by atoms with Crippen LogP contribution >= 0.6 is 15.9 Å². The molecule has 1 aromatic carbocycles. The summed E-state index contributed by atoms with van der Waals surface area (Å²) in [7, 11) is 0. The fraction of sp³-hybridized carbons (Fsp3) is 0.429. The molecular weight excluding hydrogens is 294 g/mol. The number of halogens is 1. The second-order valence-electron chi connectivity index (χ2n) is 4.43. The van der Waals surface area contributed by atoms with E-state index < -0.39 is 0 Å². The van der Waals surface area contributed by atoms with E-state index >= 15 is 0 Å². The molecular formula is C14H14BrNO2. The molecule has 0 bridgehead atoms. The van der Waals surface area contributed by atoms with Crippen molar-refractivity contribution in [3.8, 4) is 6.07 Å². The Bertz CT molecular complexity index is 464. The number of nitrogens with zero attached hydrogens (tertiary/aromatic N) is 1. The summed E-state index contributed by atoms with van der Waals surface area (Å²) in [6, 6.07) is 8.54. The van der Waals surface area contributed by atoms with Crippen molar-refractivity contribution < 1.29 is 9.53 Å². The minimum Gasteiger partial charge on any atom is -0.458 e. The summed E-state index contributed by atoms with van der Waals surface area (Å²) < 4.78 is 5.49. The van der Waals surface area contributed by atoms with Crippen LogP contribution in [-0.2, 0) is 4.74 Å². The second kappa shape index (κ2) is 6.01. The van der Waals surface area contributed by atoms with Crippen LogP contribution in [0.1, 0.15) is 41.6 Å². The lowest BCUT2D eigenvalue weighted by Gasteiger charge is -2.27. The molecule has 0 saturated heterocycles. The van der Waals surface area contributed by atoms with Gasteiger partial charge >= 0.3 is 5.97 Å². The Hall–Kier alpha value is -1.34. The maximum Gasteiger partial charge on any atom is 0.338 e. The summed E-state index contributed by atoms with van der Waals surface area (Å²) in [5.74, 6) is -0.309. The predicted octanol–water partition coefficient (Wildman–Crippen LogP) is 3.42. The molecule has 0 unspecified atom stereocenters. The number of carbonyl (C=O) groups excluding carboxylic acids is 1. The third kappa shape index (κ3) is 3.11. The summed E-state index contributed by atoms with van der Waals surface area (Å²) in [4.78, 5) is 12.2. The molecule has 0 aliphatic heterocycles. The van der Waals surface area contributed by atoms with Crippen molar-refractivity contribution in [3.05, 3.63) is 35.4 Å². The first-order chi connectivity index (χ1) is 8.70. The SMILES string of the molecule is N#Cc1ccc(C(=O)O[C@@H]2CCCC[C@H]2Br)cc1. The second-order valence-corrected chi connectivity index (χ2v) is 5.61. The third-order valence-corrected chi connectivity index (χ3v) is 4.18. The number of nitriles is 1. The van der Waals surface area contributed by atoms with Crippen LogP contribution in [0.3, 0.4) is 0 Å². The van der Waals surface area contributed by atoms with Gasteiger partial charge in [-0.25, -0.2) is 4.79 Å². The average molecular weight is 308 g/mol. The average Bonchev–Trinajstić information content (AvgIpc) is 2.41. The lowest BCUT2D eigenvalue weighted by molar-refractivity contribution is 0.0235. The fourth-order valence-electron chi connectivity index (χ4n) is 2.07. The smallest absolute Gasteiger partial charge is 0.338 e. The van der Waals surface area contributed by atoms with Gasteiger partial charge in [0, 0.05) is 0 Å². The van der Waals surface area contributed by atoms with Gasteiger partial charge in [-0.15, -0.1) is 0 Å². The van der Waals surface area contributed by atoms with E-state index in [-0.39, 0.29) is 16.9 Å². The van der Waals surface area contributed by atoms with Crippen LogP contribution in [-0.4, -0.2) is 16.9 Å². The molecule has 0 heterocycles. The molecule has 0 aromatic heterocycles. The number of esters is 1. The normalized spacial score (nSPS) is 23.1. The van der Waals surface area contributed by atoms with E-state index in [1.165, 1.54) is 6.42 Å². The highest BCUT2D eigenvalue weighted by molar-refractivity contribution is 9.09. The van der Waals surface area contributed by atoms with E-state index in [9.17, 15) is 4.79 Å². The summed E-state index contributed by atoms with van der Waals surface area (Å²) in [6.45, 7) is 0. The van der Waals surface area contributed by atoms with Gasteiger partial charge in [0.25, 0.3) is 0 Å². The molecule has 4 heteroatoms. The van der Waals surface area contributed by atoms with Crippen LogP contribution in [0.25, 0.3) is 0 Å². The highest BCUT2D eigenvalue weighted by atomic mass is 79.9. The number of carbonyl (C=O) groups is 1. The van der Waals surface area contributed by atoms with Crippen molar-refractivity contribution in [3.63, 3.8) is 0 Å². The quantitative estimate of drug-likeness (QED) is 0.621. The van der Waals surface area contributed by atoms with Crippen LogP contribution in [0.15, 0.2) is 24.3 Å². The molecule has 94 valence electrons. The minimum atomic E-state index is -0.309. The van der Waals surface area contributed by atoms with Crippen LogP contribution < -0.4 is 0 Å². The highest BCUT2D eigenvalue weighted by Crippen LogP contribution is 2.27. The first kappa shape index (κ1) is 13.1. The molecule has 0 spiro atoms. The molecule has 1 aliphatic carbocycles. The van der Waals surface area contributed by atoms with Gasteiger partial charge in [-0.1, -0.05) is 22.4 Å². The first-order valence-corrected chi connectivity index (χ1v) is 6.97. The Kier molecular flexibility index (Phi) is 4.38. The predicted molar refractivity (Wildman–Crippen MR) is 71.5 cm³/mol. The third-order valence-electron chi connectivity index (χ3n) is 3.13. The standard InChI is InChI=1S/C14H14BrNO2/c15-12-3-1-2-4-13(12)18-14(17)11-7-5-10(9-16)6-8-11/h5-8,12-13H,1-4H2/t12-,13-/m1/s1. The zero-order valence-electron chi connectivity index (χ0n) is 9.93. The van der Waals surface area contributed by atoms with Gasteiger partial charge in [0.1, 0.15) is 6.10 Å². The van der Waals surface area contributed by atoms with E-state index in [1.54, 1.807) is 24.3 Å². The van der Waals surface area contributed by atoms with Gasteiger partial charge in [0.2, 0.25) is 0 Å². The number of hydrogen-bond donors (Lipinski definition) is 0. The number of rotatable bonds is 2. The van der Waals surface area contributed by atoms with Crippen LogP contribution in [0, 0.1) is 11.3 Å². The van der Waals surface area contributed by atoms with Gasteiger partial charge in [-0.2, -0.15) is 5.26 Å². The van der Waals surface area contributed by atoms with Crippen molar-refractivity contribution in [2.75, 3.05) is 0 Å². The molecule has 2 atom stereocenters. The summed E-state index contributed by atoms with van der Waals surface area (Å²) in [5.41, 5.74) is 1.04. The molecule has 1 aliphatic rings. The molecule has 3 nitrogen and oxygen atoms in total. The maximum atomic E-state index is 11.9. The van der Waals surface area contributed by atoms with Gasteiger partial charge < -0.3 is 4.74 Å². The molecule has 18 heavy (non-hydrogen) atoms. The number of hydrogen-bond acceptors (Lipinski definition) is 3. The Balaban J connectivity index is 2.00. The number of alkyl halides is 1. The molecule has 2 rings (SSSR count). The van der Waals surface area contributed by atoms with Crippen molar-refractivity contribution in [1.82, 2.24) is 0 Å². The van der Waals surface area contributed by atoms with E-state index in [2.05, 4.69) is 15.9 Å². The molecule has 1 saturated carbocycles. The maximum absolute atomic E-state index is 11.9. The monoisotopic (exact) mass is 307 g/mol. The first-order valence-electron chi connectivity index (χ1n) is 6.06. The van der Waals surface area contributed by atoms with Gasteiger partial charge in [0.05, 0.1) is 22.0 Å². The van der Waals surface area contributed by atoms with Crippen LogP contribution in [0.4, 0.5) is 0 Å². The molecule has 0 N–H and O–H groups in total. The number of ether oxygens (including phenoxy) is 1. The Morgan fingerprint density at radius 2 is 1.94 bits per heavy atom. The van der Waals surface area contributed by atoms with E-state index in [1.807, 2.05) is 6.07 Å². The Labute approximate surface area is 115 Å². The summed E-state index contributed by atoms with van der Waals surface area (Å²) in [6.07, 6.45) is 4.21. The summed E-state index contributed by atoms with van der Waals surface area (Å²) >= 11 is 3.56. The van der Waals surface area contributed by atoms with Crippen molar-refractivity contribution in [2.45, 2.75) is 36.6 Å². The number of benzene rings is 1. The van der Waals surface area contributed by atoms with Crippen LogP contribution in [0.5, 0.6) is 0 Å². The van der Waals surface area contributed by atoms with Gasteiger partial charge in [-0.3, -0.25) is 0 Å². The van der Waals surface area contributed by atoms with Crippen molar-refractivity contribution in [2.24, 2.45) is 0 Å². The molecule has 0 radical (unpaired) electrons. The van der Waals surface area contributed by atoms with E-state index in [4.69, 9.17) is 10.00 Å². The lowest BCUT2D eigenvalue weighted by Crippen LogP contribution is -2.30. The lowest BCUT2D eigenvalue weighted by atomic mass is 9.97. The zero-order chi connectivity index (χ0) is 13.0. The largest absolute Gasteiger partial charge is 0.458 e. The van der Waals surface area contributed by atoms with Crippen molar-refractivity contribution >= 4 is 21.9 Å². The topological polar surface area (TPSA) is 50.1 Å².